The van der Waals surface area contributed by atoms with Gasteiger partial charge in [-0.3, -0.25) is 24.5 Å². The fourth-order valence-corrected chi connectivity index (χ4v) is 6.37. The molecule has 2 saturated heterocycles. The highest BCUT2D eigenvalue weighted by atomic mass is 35.5. The van der Waals surface area contributed by atoms with Crippen molar-refractivity contribution in [3.05, 3.63) is 80.9 Å². The zero-order valence-corrected chi connectivity index (χ0v) is 23.5. The van der Waals surface area contributed by atoms with Gasteiger partial charge in [-0.15, -0.1) is 0 Å². The van der Waals surface area contributed by atoms with Crippen molar-refractivity contribution in [3.8, 4) is 0 Å². The number of allylic oxidation sites excluding steroid dienone is 1. The minimum atomic E-state index is -0.622. The Kier molecular flexibility index (Phi) is 6.65. The molecule has 7 nitrogen and oxygen atoms in total. The number of likely N-dealkylation sites (tertiary alicyclic amines) is 1. The predicted octanol–water partition coefficient (Wildman–Crippen LogP) is 4.99. The van der Waals surface area contributed by atoms with E-state index in [9.17, 15) is 19.2 Å². The van der Waals surface area contributed by atoms with Gasteiger partial charge in [0.05, 0.1) is 0 Å². The van der Waals surface area contributed by atoms with Gasteiger partial charge in [0.1, 0.15) is 6.04 Å². The zero-order chi connectivity index (χ0) is 28.2. The molecular formula is C32H32ClN3O4. The largest absolute Gasteiger partial charge is 0.331 e. The molecule has 0 aromatic heterocycles. The van der Waals surface area contributed by atoms with Crippen LogP contribution in [-0.4, -0.2) is 52.6 Å². The molecule has 0 saturated carbocycles. The van der Waals surface area contributed by atoms with Crippen LogP contribution >= 0.6 is 11.6 Å². The molecule has 0 bridgehead atoms. The Morgan fingerprint density at radius 3 is 2.50 bits per heavy atom. The average molecular weight is 558 g/mol. The number of nitrogens with one attached hydrogen (secondary N) is 1. The number of imide groups is 1. The summed E-state index contributed by atoms with van der Waals surface area (Å²) >= 11 is 6.12. The van der Waals surface area contributed by atoms with E-state index in [1.807, 2.05) is 47.4 Å². The summed E-state index contributed by atoms with van der Waals surface area (Å²) < 4.78 is 0. The Bertz CT molecular complexity index is 1500. The topological polar surface area (TPSA) is 86.8 Å². The summed E-state index contributed by atoms with van der Waals surface area (Å²) in [6.45, 7) is 6.02. The van der Waals surface area contributed by atoms with Gasteiger partial charge < -0.3 is 9.80 Å². The maximum absolute atomic E-state index is 13.6. The summed E-state index contributed by atoms with van der Waals surface area (Å²) in [5.41, 5.74) is 6.84. The van der Waals surface area contributed by atoms with Gasteiger partial charge in [-0.25, -0.2) is 0 Å². The van der Waals surface area contributed by atoms with E-state index in [4.69, 9.17) is 11.6 Å². The Morgan fingerprint density at radius 1 is 1.02 bits per heavy atom. The summed E-state index contributed by atoms with van der Waals surface area (Å²) in [4.78, 5) is 53.8. The van der Waals surface area contributed by atoms with E-state index in [1.165, 1.54) is 0 Å². The summed E-state index contributed by atoms with van der Waals surface area (Å²) in [6.07, 6.45) is 5.27. The second-order valence-corrected chi connectivity index (χ2v) is 12.5. The molecule has 4 aliphatic rings. The van der Waals surface area contributed by atoms with Gasteiger partial charge in [0.2, 0.25) is 11.8 Å². The van der Waals surface area contributed by atoms with Crippen LogP contribution < -0.4 is 5.32 Å². The predicted molar refractivity (Wildman–Crippen MR) is 153 cm³/mol. The van der Waals surface area contributed by atoms with Crippen molar-refractivity contribution in [1.82, 2.24) is 15.1 Å². The molecule has 2 aromatic carbocycles. The number of nitrogens with zero attached hydrogens (tertiary/aromatic N) is 2. The zero-order valence-electron chi connectivity index (χ0n) is 22.8. The van der Waals surface area contributed by atoms with Crippen molar-refractivity contribution in [2.75, 3.05) is 13.1 Å². The molecule has 1 N–H and O–H groups in total. The van der Waals surface area contributed by atoms with Crippen LogP contribution in [0.1, 0.15) is 73.0 Å². The van der Waals surface area contributed by atoms with Gasteiger partial charge in [0.25, 0.3) is 11.8 Å². The van der Waals surface area contributed by atoms with Crippen LogP contribution in [0.5, 0.6) is 0 Å². The van der Waals surface area contributed by atoms with Crippen LogP contribution in [0.2, 0.25) is 5.02 Å². The molecule has 2 fully saturated rings. The van der Waals surface area contributed by atoms with E-state index >= 15 is 0 Å². The third-order valence-corrected chi connectivity index (χ3v) is 8.77. The molecule has 4 amide bonds. The van der Waals surface area contributed by atoms with Crippen LogP contribution in [0, 0.1) is 5.41 Å². The second kappa shape index (κ2) is 10.0. The quantitative estimate of drug-likeness (QED) is 0.537. The van der Waals surface area contributed by atoms with Crippen molar-refractivity contribution < 1.29 is 19.2 Å². The number of amides is 4. The first-order valence-electron chi connectivity index (χ1n) is 13.8. The Hall–Kier alpha value is -3.71. The summed E-state index contributed by atoms with van der Waals surface area (Å²) in [6, 6.07) is 12.9. The van der Waals surface area contributed by atoms with Gasteiger partial charge in [0.15, 0.2) is 0 Å². The number of benzene rings is 2. The first kappa shape index (κ1) is 26.5. The van der Waals surface area contributed by atoms with Gasteiger partial charge in [-0.2, -0.15) is 0 Å². The molecule has 1 aliphatic carbocycles. The third-order valence-electron chi connectivity index (χ3n) is 8.52. The highest BCUT2D eigenvalue weighted by Gasteiger charge is 2.39. The molecule has 3 heterocycles. The number of piperidine rings is 1. The fraction of sp³-hybridized carbons (Fsp3) is 0.375. The van der Waals surface area contributed by atoms with Crippen LogP contribution in [0.4, 0.5) is 0 Å². The smallest absolute Gasteiger partial charge is 0.255 e. The molecule has 206 valence electrons. The lowest BCUT2D eigenvalue weighted by atomic mass is 9.72. The molecule has 6 rings (SSSR count). The molecule has 0 spiro atoms. The number of halogens is 1. The molecule has 0 radical (unpaired) electrons. The van der Waals surface area contributed by atoms with Gasteiger partial charge in [-0.05, 0) is 83.2 Å². The summed E-state index contributed by atoms with van der Waals surface area (Å²) in [5.74, 6) is -0.770. The van der Waals surface area contributed by atoms with Crippen molar-refractivity contribution >= 4 is 46.9 Å². The van der Waals surface area contributed by atoms with E-state index in [0.717, 1.165) is 52.7 Å². The maximum atomic E-state index is 13.6. The molecule has 40 heavy (non-hydrogen) atoms. The van der Waals surface area contributed by atoms with Crippen LogP contribution in [0.25, 0.3) is 11.6 Å². The van der Waals surface area contributed by atoms with Crippen molar-refractivity contribution in [3.63, 3.8) is 0 Å². The van der Waals surface area contributed by atoms with Crippen LogP contribution in [-0.2, 0) is 20.9 Å². The van der Waals surface area contributed by atoms with E-state index < -0.39 is 11.9 Å². The molecule has 2 aromatic rings. The Morgan fingerprint density at radius 2 is 1.77 bits per heavy atom. The SMILES string of the molecule is CC1(C)CCC(C(=O)N2CC(=Cc3ccc4c(c3)CN(C3CCC(=O)NC3=O)C4=O)C2)=C(c2ccc(Cl)cc2)C1. The van der Waals surface area contributed by atoms with E-state index in [1.54, 1.807) is 4.90 Å². The first-order chi connectivity index (χ1) is 19.1. The van der Waals surface area contributed by atoms with Crippen molar-refractivity contribution in [2.24, 2.45) is 5.41 Å². The number of carbonyl (C=O) groups is 4. The van der Waals surface area contributed by atoms with Gasteiger partial charge in [-0.1, -0.05) is 49.7 Å². The number of carbonyl (C=O) groups excluding carboxylic acids is 4. The van der Waals surface area contributed by atoms with Crippen LogP contribution in [0.15, 0.2) is 53.6 Å². The molecule has 1 atom stereocenters. The number of rotatable bonds is 4. The first-order valence-corrected chi connectivity index (χ1v) is 14.2. The maximum Gasteiger partial charge on any atom is 0.255 e. The number of hydrogen-bond acceptors (Lipinski definition) is 4. The summed E-state index contributed by atoms with van der Waals surface area (Å²) in [5, 5.41) is 3.02. The minimum absolute atomic E-state index is 0.108. The third kappa shape index (κ3) is 4.99. The van der Waals surface area contributed by atoms with E-state index in [0.29, 0.717) is 36.6 Å². The Labute approximate surface area is 238 Å². The highest BCUT2D eigenvalue weighted by molar-refractivity contribution is 6.30. The standard InChI is InChI=1S/C32H32ClN3O4/c1-32(2)12-11-25(26(15-32)21-4-6-23(33)7-5-21)30(39)35-16-20(17-35)13-19-3-8-24-22(14-19)18-36(31(24)40)27-9-10-28(37)34-29(27)38/h3-8,13-14,27H,9-12,15-18H2,1-2H3,(H,34,37,38). The Balaban J connectivity index is 1.15. The lowest BCUT2D eigenvalue weighted by Crippen LogP contribution is -2.52. The molecule has 1 unspecified atom stereocenters. The highest BCUT2D eigenvalue weighted by Crippen LogP contribution is 2.44. The van der Waals surface area contributed by atoms with Crippen molar-refractivity contribution in [1.29, 1.82) is 0 Å². The molecular weight excluding hydrogens is 526 g/mol. The van der Waals surface area contributed by atoms with E-state index in [-0.39, 0.29) is 29.6 Å². The monoisotopic (exact) mass is 557 g/mol. The van der Waals surface area contributed by atoms with Gasteiger partial charge >= 0.3 is 0 Å². The van der Waals surface area contributed by atoms with E-state index in [2.05, 4.69) is 25.2 Å². The van der Waals surface area contributed by atoms with Crippen molar-refractivity contribution in [2.45, 2.75) is 58.5 Å². The number of hydrogen-bond donors (Lipinski definition) is 1. The lowest BCUT2D eigenvalue weighted by molar-refractivity contribution is -0.137. The fourth-order valence-electron chi connectivity index (χ4n) is 6.24. The average Bonchev–Trinajstić information content (AvgIpc) is 3.21. The minimum Gasteiger partial charge on any atom is -0.331 e. The number of fused-ring (bicyclic) bond motifs is 1. The lowest BCUT2D eigenvalue weighted by Gasteiger charge is -2.39. The normalized spacial score (nSPS) is 22.2. The molecule has 3 aliphatic heterocycles. The second-order valence-electron chi connectivity index (χ2n) is 12.1. The molecule has 8 heteroatoms. The summed E-state index contributed by atoms with van der Waals surface area (Å²) in [7, 11) is 0. The van der Waals surface area contributed by atoms with Crippen LogP contribution in [0.3, 0.4) is 0 Å². The van der Waals surface area contributed by atoms with Gasteiger partial charge in [0, 0.05) is 42.2 Å².